The summed E-state index contributed by atoms with van der Waals surface area (Å²) in [6.07, 6.45) is 4.43. The summed E-state index contributed by atoms with van der Waals surface area (Å²) in [4.78, 5) is 13.5. The molecule has 0 saturated heterocycles. The zero-order valence-electron chi connectivity index (χ0n) is 9.78. The lowest BCUT2D eigenvalue weighted by Gasteiger charge is -2.16. The van der Waals surface area contributed by atoms with Crippen LogP contribution >= 0.6 is 0 Å². The van der Waals surface area contributed by atoms with E-state index in [0.29, 0.717) is 17.7 Å². The van der Waals surface area contributed by atoms with Crippen molar-refractivity contribution in [2.75, 3.05) is 10.2 Å². The quantitative estimate of drug-likeness (QED) is 0.774. The van der Waals surface area contributed by atoms with Gasteiger partial charge in [0.25, 0.3) is 0 Å². The maximum atomic E-state index is 12.2. The van der Waals surface area contributed by atoms with Crippen molar-refractivity contribution in [3.8, 4) is 0 Å². The summed E-state index contributed by atoms with van der Waals surface area (Å²) in [5.41, 5.74) is 0. The number of furan rings is 3. The number of carbonyl (C=O) groups excluding carboxylic acids is 1. The van der Waals surface area contributed by atoms with Crippen molar-refractivity contribution in [1.82, 2.24) is 0 Å². The van der Waals surface area contributed by atoms with Crippen molar-refractivity contribution in [2.45, 2.75) is 0 Å². The number of amides is 2. The maximum absolute atomic E-state index is 12.2. The first-order valence-electron chi connectivity index (χ1n) is 5.56. The van der Waals surface area contributed by atoms with Gasteiger partial charge in [0.1, 0.15) is 0 Å². The van der Waals surface area contributed by atoms with Gasteiger partial charge in [-0.3, -0.25) is 5.32 Å². The third-order valence-corrected chi connectivity index (χ3v) is 2.41. The Balaban J connectivity index is 1.89. The highest BCUT2D eigenvalue weighted by Crippen LogP contribution is 2.27. The van der Waals surface area contributed by atoms with Gasteiger partial charge in [0.15, 0.2) is 0 Å². The summed E-state index contributed by atoms with van der Waals surface area (Å²) in [6.45, 7) is 0. The predicted octanol–water partition coefficient (Wildman–Crippen LogP) is 3.84. The Morgan fingerprint density at radius 1 is 0.895 bits per heavy atom. The topological polar surface area (TPSA) is 71.8 Å². The standard InChI is InChI=1S/C13H10N2O4/c16-13(14-10-4-1-7-17-10)15(11-5-2-8-18-11)12-6-3-9-19-12/h1-9H,(H,14,16). The number of urea groups is 1. The molecule has 0 saturated carbocycles. The summed E-state index contributed by atoms with van der Waals surface area (Å²) in [5.74, 6) is 1.03. The third kappa shape index (κ3) is 2.23. The van der Waals surface area contributed by atoms with Crippen molar-refractivity contribution < 1.29 is 18.0 Å². The van der Waals surface area contributed by atoms with Crippen molar-refractivity contribution in [1.29, 1.82) is 0 Å². The van der Waals surface area contributed by atoms with Crippen LogP contribution in [-0.2, 0) is 0 Å². The van der Waals surface area contributed by atoms with Crippen LogP contribution in [0.4, 0.5) is 22.4 Å². The van der Waals surface area contributed by atoms with Crippen LogP contribution in [0.25, 0.3) is 0 Å². The van der Waals surface area contributed by atoms with Crippen LogP contribution in [0.5, 0.6) is 0 Å². The molecule has 3 rings (SSSR count). The molecule has 3 heterocycles. The van der Waals surface area contributed by atoms with Crippen LogP contribution in [0, 0.1) is 0 Å². The fraction of sp³-hybridized carbons (Fsp3) is 0. The van der Waals surface area contributed by atoms with E-state index in [9.17, 15) is 4.79 Å². The minimum atomic E-state index is -0.445. The molecule has 0 aromatic carbocycles. The smallest absolute Gasteiger partial charge is 0.338 e. The van der Waals surface area contributed by atoms with Crippen molar-refractivity contribution in [2.24, 2.45) is 0 Å². The van der Waals surface area contributed by atoms with Gasteiger partial charge >= 0.3 is 6.03 Å². The normalized spacial score (nSPS) is 10.3. The van der Waals surface area contributed by atoms with Crippen LogP contribution in [0.3, 0.4) is 0 Å². The van der Waals surface area contributed by atoms with Gasteiger partial charge in [-0.2, -0.15) is 4.90 Å². The Labute approximate surface area is 108 Å². The summed E-state index contributed by atoms with van der Waals surface area (Å²) in [7, 11) is 0. The van der Waals surface area contributed by atoms with Gasteiger partial charge in [0.2, 0.25) is 17.7 Å². The second kappa shape index (κ2) is 4.77. The summed E-state index contributed by atoms with van der Waals surface area (Å²) in [6, 6.07) is 9.56. The van der Waals surface area contributed by atoms with Gasteiger partial charge in [0.05, 0.1) is 18.8 Å². The number of carbonyl (C=O) groups is 1. The molecule has 0 unspecified atom stereocenters. The Morgan fingerprint density at radius 2 is 1.47 bits per heavy atom. The van der Waals surface area contributed by atoms with Crippen LogP contribution in [-0.4, -0.2) is 6.03 Å². The Bertz CT molecular complexity index is 592. The molecule has 2 amide bonds. The lowest BCUT2D eigenvalue weighted by atomic mass is 10.5. The highest BCUT2D eigenvalue weighted by Gasteiger charge is 2.23. The first kappa shape index (κ1) is 11.2. The van der Waals surface area contributed by atoms with E-state index in [0.717, 1.165) is 0 Å². The summed E-state index contributed by atoms with van der Waals surface area (Å²) < 4.78 is 15.5. The van der Waals surface area contributed by atoms with E-state index in [-0.39, 0.29) is 0 Å². The summed E-state index contributed by atoms with van der Waals surface area (Å²) in [5, 5.41) is 2.60. The number of hydrogen-bond donors (Lipinski definition) is 1. The molecule has 3 aromatic rings. The van der Waals surface area contributed by atoms with E-state index in [4.69, 9.17) is 13.3 Å². The number of nitrogens with zero attached hydrogens (tertiary/aromatic N) is 1. The van der Waals surface area contributed by atoms with Gasteiger partial charge in [-0.15, -0.1) is 0 Å². The minimum Gasteiger partial charge on any atom is -0.449 e. The Morgan fingerprint density at radius 3 is 1.95 bits per heavy atom. The zero-order chi connectivity index (χ0) is 13.1. The van der Waals surface area contributed by atoms with Crippen molar-refractivity contribution >= 4 is 23.7 Å². The molecule has 0 bridgehead atoms. The van der Waals surface area contributed by atoms with E-state index >= 15 is 0 Å². The summed E-state index contributed by atoms with van der Waals surface area (Å²) >= 11 is 0. The molecule has 0 radical (unpaired) electrons. The van der Waals surface area contributed by atoms with E-state index in [2.05, 4.69) is 5.32 Å². The Kier molecular flexibility index (Phi) is 2.82. The highest BCUT2D eigenvalue weighted by molar-refractivity contribution is 6.04. The van der Waals surface area contributed by atoms with E-state index in [1.807, 2.05) is 0 Å². The molecule has 19 heavy (non-hydrogen) atoms. The monoisotopic (exact) mass is 258 g/mol. The predicted molar refractivity (Wildman–Crippen MR) is 67.3 cm³/mol. The molecule has 96 valence electrons. The molecule has 0 fully saturated rings. The van der Waals surface area contributed by atoms with Gasteiger partial charge in [-0.05, 0) is 18.2 Å². The second-order valence-electron chi connectivity index (χ2n) is 3.65. The molecular formula is C13H10N2O4. The molecule has 0 spiro atoms. The molecule has 0 aliphatic rings. The van der Waals surface area contributed by atoms with Gasteiger partial charge in [0, 0.05) is 18.2 Å². The van der Waals surface area contributed by atoms with Crippen molar-refractivity contribution in [3.05, 3.63) is 55.2 Å². The van der Waals surface area contributed by atoms with Crippen LogP contribution in [0.2, 0.25) is 0 Å². The number of rotatable bonds is 3. The average molecular weight is 258 g/mol. The fourth-order valence-electron chi connectivity index (χ4n) is 1.61. The second-order valence-corrected chi connectivity index (χ2v) is 3.65. The lowest BCUT2D eigenvalue weighted by Crippen LogP contribution is -2.30. The third-order valence-electron chi connectivity index (χ3n) is 2.41. The van der Waals surface area contributed by atoms with E-state index in [1.165, 1.54) is 23.7 Å². The largest absolute Gasteiger partial charge is 0.449 e. The molecule has 0 aliphatic heterocycles. The molecule has 6 heteroatoms. The van der Waals surface area contributed by atoms with Gasteiger partial charge < -0.3 is 13.3 Å². The molecule has 0 atom stereocenters. The van der Waals surface area contributed by atoms with E-state index < -0.39 is 6.03 Å². The average Bonchev–Trinajstić information content (AvgIpc) is 3.11. The lowest BCUT2D eigenvalue weighted by molar-refractivity contribution is 0.256. The molecule has 0 aliphatic carbocycles. The molecule has 6 nitrogen and oxygen atoms in total. The fourth-order valence-corrected chi connectivity index (χ4v) is 1.61. The van der Waals surface area contributed by atoms with Gasteiger partial charge in [-0.25, -0.2) is 4.79 Å². The molecule has 3 aromatic heterocycles. The molecular weight excluding hydrogens is 248 g/mol. The number of nitrogens with one attached hydrogen (secondary N) is 1. The zero-order valence-corrected chi connectivity index (χ0v) is 9.78. The van der Waals surface area contributed by atoms with Crippen molar-refractivity contribution in [3.63, 3.8) is 0 Å². The van der Waals surface area contributed by atoms with Crippen LogP contribution in [0.1, 0.15) is 0 Å². The van der Waals surface area contributed by atoms with Gasteiger partial charge in [-0.1, -0.05) is 0 Å². The van der Waals surface area contributed by atoms with Crippen LogP contribution < -0.4 is 10.2 Å². The first-order chi connectivity index (χ1) is 9.34. The number of anilines is 3. The number of hydrogen-bond acceptors (Lipinski definition) is 4. The van der Waals surface area contributed by atoms with Crippen LogP contribution in [0.15, 0.2) is 68.4 Å². The first-order valence-corrected chi connectivity index (χ1v) is 5.56. The SMILES string of the molecule is O=C(Nc1ccco1)N(c1ccco1)c1ccco1. The minimum absolute atomic E-state index is 0.341. The van der Waals surface area contributed by atoms with E-state index in [1.54, 1.807) is 36.4 Å². The molecule has 1 N–H and O–H groups in total. The Hall–Kier alpha value is -2.89. The highest BCUT2D eigenvalue weighted by atomic mass is 16.4. The maximum Gasteiger partial charge on any atom is 0.338 e.